The highest BCUT2D eigenvalue weighted by Gasteiger charge is 2.14. The molecule has 7 nitrogen and oxygen atoms in total. The van der Waals surface area contributed by atoms with Crippen molar-refractivity contribution < 1.29 is 18.0 Å². The molecule has 0 aliphatic rings. The Hall–Kier alpha value is -2.71. The van der Waals surface area contributed by atoms with Crippen molar-refractivity contribution in [2.75, 3.05) is 6.54 Å². The van der Waals surface area contributed by atoms with Crippen LogP contribution in [0.4, 0.5) is 0 Å². The Balaban J connectivity index is 2.06. The van der Waals surface area contributed by atoms with Gasteiger partial charge in [-0.15, -0.1) is 0 Å². The molecular formula is C17H19N3O4S. The maximum absolute atomic E-state index is 12.3. The van der Waals surface area contributed by atoms with E-state index >= 15 is 0 Å². The van der Waals surface area contributed by atoms with Crippen molar-refractivity contribution in [3.63, 3.8) is 0 Å². The van der Waals surface area contributed by atoms with Crippen LogP contribution < -0.4 is 16.2 Å². The van der Waals surface area contributed by atoms with Crippen molar-refractivity contribution in [1.29, 1.82) is 0 Å². The Kier molecular flexibility index (Phi) is 5.55. The van der Waals surface area contributed by atoms with E-state index in [4.69, 9.17) is 10.9 Å². The highest BCUT2D eigenvalue weighted by molar-refractivity contribution is 7.89. The first-order valence-electron chi connectivity index (χ1n) is 7.49. The van der Waals surface area contributed by atoms with Crippen molar-refractivity contribution in [2.24, 2.45) is 10.9 Å². The zero-order valence-electron chi connectivity index (χ0n) is 13.7. The SMILES string of the molecule is Cc1ccc(S(N)(=O)=O)cc1C(=O)NCCc1cccc(C(N)=O)c1. The van der Waals surface area contributed by atoms with Crippen LogP contribution in [0.3, 0.4) is 0 Å². The molecule has 0 saturated carbocycles. The van der Waals surface area contributed by atoms with Gasteiger partial charge in [0.15, 0.2) is 0 Å². The lowest BCUT2D eigenvalue weighted by Crippen LogP contribution is -2.27. The Bertz CT molecular complexity index is 923. The van der Waals surface area contributed by atoms with Crippen molar-refractivity contribution in [3.8, 4) is 0 Å². The Morgan fingerprint density at radius 1 is 1.12 bits per heavy atom. The lowest BCUT2D eigenvalue weighted by molar-refractivity contribution is 0.0951. The van der Waals surface area contributed by atoms with E-state index in [1.165, 1.54) is 18.2 Å². The number of benzene rings is 2. The molecule has 0 aromatic heterocycles. The summed E-state index contributed by atoms with van der Waals surface area (Å²) in [5, 5.41) is 7.82. The molecule has 2 aromatic carbocycles. The minimum atomic E-state index is -3.88. The molecule has 2 amide bonds. The third-order valence-electron chi connectivity index (χ3n) is 3.69. The Morgan fingerprint density at radius 3 is 2.48 bits per heavy atom. The van der Waals surface area contributed by atoms with Crippen molar-refractivity contribution in [3.05, 3.63) is 64.7 Å². The van der Waals surface area contributed by atoms with E-state index in [9.17, 15) is 18.0 Å². The average Bonchev–Trinajstić information content (AvgIpc) is 2.54. The number of amides is 2. The summed E-state index contributed by atoms with van der Waals surface area (Å²) < 4.78 is 22.8. The van der Waals surface area contributed by atoms with Crippen LogP contribution >= 0.6 is 0 Å². The van der Waals surface area contributed by atoms with E-state index in [1.54, 1.807) is 25.1 Å². The third-order valence-corrected chi connectivity index (χ3v) is 4.60. The Morgan fingerprint density at radius 2 is 1.84 bits per heavy atom. The van der Waals surface area contributed by atoms with Gasteiger partial charge in [-0.25, -0.2) is 13.6 Å². The summed E-state index contributed by atoms with van der Waals surface area (Å²) in [4.78, 5) is 23.3. The summed E-state index contributed by atoms with van der Waals surface area (Å²) in [6.07, 6.45) is 0.501. The van der Waals surface area contributed by atoms with Crippen molar-refractivity contribution >= 4 is 21.8 Å². The molecule has 0 radical (unpaired) electrons. The van der Waals surface area contributed by atoms with Crippen LogP contribution in [-0.4, -0.2) is 26.8 Å². The number of rotatable bonds is 6. The van der Waals surface area contributed by atoms with Gasteiger partial charge in [0.2, 0.25) is 15.9 Å². The van der Waals surface area contributed by atoms with Crippen LogP contribution in [0.25, 0.3) is 0 Å². The molecular weight excluding hydrogens is 342 g/mol. The van der Waals surface area contributed by atoms with E-state index in [-0.39, 0.29) is 10.5 Å². The van der Waals surface area contributed by atoms with Gasteiger partial charge in [0.25, 0.3) is 5.91 Å². The second-order valence-corrected chi connectivity index (χ2v) is 7.15. The van der Waals surface area contributed by atoms with Crippen LogP contribution in [0.15, 0.2) is 47.4 Å². The second kappa shape index (κ2) is 7.45. The number of primary amides is 1. The molecule has 8 heteroatoms. The van der Waals surface area contributed by atoms with Gasteiger partial charge >= 0.3 is 0 Å². The predicted molar refractivity (Wildman–Crippen MR) is 93.5 cm³/mol. The molecule has 0 unspecified atom stereocenters. The molecule has 0 heterocycles. The van der Waals surface area contributed by atoms with Crippen molar-refractivity contribution in [1.82, 2.24) is 5.32 Å². The highest BCUT2D eigenvalue weighted by atomic mass is 32.2. The predicted octanol–water partition coefficient (Wildman–Crippen LogP) is 0.714. The minimum Gasteiger partial charge on any atom is -0.366 e. The number of carbonyl (C=O) groups excluding carboxylic acids is 2. The fraction of sp³-hybridized carbons (Fsp3) is 0.176. The summed E-state index contributed by atoms with van der Waals surface area (Å²) in [6.45, 7) is 2.03. The fourth-order valence-corrected chi connectivity index (χ4v) is 2.86. The molecule has 0 spiro atoms. The summed E-state index contributed by atoms with van der Waals surface area (Å²) in [6, 6.07) is 11.0. The number of carbonyl (C=O) groups is 2. The fourth-order valence-electron chi connectivity index (χ4n) is 2.32. The zero-order valence-corrected chi connectivity index (χ0v) is 14.5. The van der Waals surface area contributed by atoms with Gasteiger partial charge in [-0.1, -0.05) is 18.2 Å². The molecule has 0 bridgehead atoms. The van der Waals surface area contributed by atoms with Gasteiger partial charge in [-0.05, 0) is 48.7 Å². The molecule has 0 atom stereocenters. The highest BCUT2D eigenvalue weighted by Crippen LogP contribution is 2.14. The number of sulfonamides is 1. The van der Waals surface area contributed by atoms with E-state index in [2.05, 4.69) is 5.32 Å². The monoisotopic (exact) mass is 361 g/mol. The van der Waals surface area contributed by atoms with Crippen LogP contribution in [0.2, 0.25) is 0 Å². The molecule has 2 rings (SSSR count). The third kappa shape index (κ3) is 4.88. The first-order valence-corrected chi connectivity index (χ1v) is 9.03. The molecule has 5 N–H and O–H groups in total. The second-order valence-electron chi connectivity index (χ2n) is 5.59. The van der Waals surface area contributed by atoms with Crippen LogP contribution in [-0.2, 0) is 16.4 Å². The van der Waals surface area contributed by atoms with E-state index in [0.717, 1.165) is 5.56 Å². The molecule has 2 aromatic rings. The average molecular weight is 361 g/mol. The summed E-state index contributed by atoms with van der Waals surface area (Å²) in [7, 11) is -3.88. The number of aryl methyl sites for hydroxylation is 1. The summed E-state index contributed by atoms with van der Waals surface area (Å²) >= 11 is 0. The molecule has 0 aliphatic heterocycles. The number of hydrogen-bond donors (Lipinski definition) is 3. The Labute approximate surface area is 146 Å². The van der Waals surface area contributed by atoms with Gasteiger partial charge < -0.3 is 11.1 Å². The number of primary sulfonamides is 1. The maximum Gasteiger partial charge on any atom is 0.251 e. The van der Waals surface area contributed by atoms with Gasteiger partial charge in [-0.2, -0.15) is 0 Å². The van der Waals surface area contributed by atoms with Gasteiger partial charge in [-0.3, -0.25) is 9.59 Å². The number of nitrogens with two attached hydrogens (primary N) is 2. The smallest absolute Gasteiger partial charge is 0.251 e. The first-order chi connectivity index (χ1) is 11.7. The molecule has 0 aliphatic carbocycles. The summed E-state index contributed by atoms with van der Waals surface area (Å²) in [5.41, 5.74) is 7.38. The summed E-state index contributed by atoms with van der Waals surface area (Å²) in [5.74, 6) is -0.907. The lowest BCUT2D eigenvalue weighted by atomic mass is 10.1. The zero-order chi connectivity index (χ0) is 18.6. The molecule has 25 heavy (non-hydrogen) atoms. The number of hydrogen-bond acceptors (Lipinski definition) is 4. The van der Waals surface area contributed by atoms with E-state index < -0.39 is 21.8 Å². The van der Waals surface area contributed by atoms with Crippen LogP contribution in [0.5, 0.6) is 0 Å². The van der Waals surface area contributed by atoms with Gasteiger partial charge in [0.1, 0.15) is 0 Å². The van der Waals surface area contributed by atoms with Crippen LogP contribution in [0, 0.1) is 6.92 Å². The quantitative estimate of drug-likeness (QED) is 0.699. The van der Waals surface area contributed by atoms with E-state index in [0.29, 0.717) is 24.1 Å². The minimum absolute atomic E-state index is 0.114. The number of nitrogens with one attached hydrogen (secondary N) is 1. The normalized spacial score (nSPS) is 11.1. The molecule has 132 valence electrons. The van der Waals surface area contributed by atoms with Gasteiger partial charge in [0.05, 0.1) is 4.90 Å². The lowest BCUT2D eigenvalue weighted by Gasteiger charge is -2.09. The first kappa shape index (κ1) is 18.6. The van der Waals surface area contributed by atoms with Gasteiger partial charge in [0, 0.05) is 17.7 Å². The van der Waals surface area contributed by atoms with Crippen molar-refractivity contribution in [2.45, 2.75) is 18.2 Å². The molecule has 0 saturated heterocycles. The largest absolute Gasteiger partial charge is 0.366 e. The standard InChI is InChI=1S/C17H19N3O4S/c1-11-5-6-14(25(19,23)24)10-15(11)17(22)20-8-7-12-3-2-4-13(9-12)16(18)21/h2-6,9-10H,7-8H2,1H3,(H2,18,21)(H,20,22)(H2,19,23,24). The maximum atomic E-state index is 12.3. The molecule has 0 fully saturated rings. The van der Waals surface area contributed by atoms with Crippen LogP contribution in [0.1, 0.15) is 31.8 Å². The van der Waals surface area contributed by atoms with E-state index in [1.807, 2.05) is 6.07 Å². The topological polar surface area (TPSA) is 132 Å².